The normalized spacial score (nSPS) is 17.8. The van der Waals surface area contributed by atoms with Crippen LogP contribution in [-0.2, 0) is 16.0 Å². The Labute approximate surface area is 138 Å². The lowest BCUT2D eigenvalue weighted by Gasteiger charge is -2.33. The molecule has 1 unspecified atom stereocenters. The van der Waals surface area contributed by atoms with Crippen LogP contribution >= 0.6 is 0 Å². The van der Waals surface area contributed by atoms with E-state index in [0.717, 1.165) is 37.9 Å². The number of rotatable bonds is 6. The second kappa shape index (κ2) is 8.56. The smallest absolute Gasteiger partial charge is 0.226 e. The standard InChI is InChI=1S/C18H27N3O2/c1-2-4-17(22)20-12-15-5-3-10-21(13-15)18(23)11-14-6-8-16(19)9-7-14/h6-9,15H,2-5,10-13,19H2,1H3,(H,20,22). The van der Waals surface area contributed by atoms with Gasteiger partial charge in [-0.2, -0.15) is 0 Å². The van der Waals surface area contributed by atoms with Crippen molar-refractivity contribution in [2.24, 2.45) is 5.92 Å². The lowest BCUT2D eigenvalue weighted by molar-refractivity contribution is -0.132. The van der Waals surface area contributed by atoms with Gasteiger partial charge in [-0.05, 0) is 42.9 Å². The maximum absolute atomic E-state index is 12.4. The first-order valence-electron chi connectivity index (χ1n) is 8.47. The minimum absolute atomic E-state index is 0.109. The highest BCUT2D eigenvalue weighted by molar-refractivity contribution is 5.79. The van der Waals surface area contributed by atoms with Crippen molar-refractivity contribution in [2.75, 3.05) is 25.4 Å². The Morgan fingerprint density at radius 1 is 1.30 bits per heavy atom. The van der Waals surface area contributed by atoms with Crippen LogP contribution in [0, 0.1) is 5.92 Å². The lowest BCUT2D eigenvalue weighted by atomic mass is 9.97. The summed E-state index contributed by atoms with van der Waals surface area (Å²) in [6.07, 6.45) is 3.92. The summed E-state index contributed by atoms with van der Waals surface area (Å²) in [6.45, 7) is 4.22. The zero-order valence-electron chi connectivity index (χ0n) is 13.9. The van der Waals surface area contributed by atoms with Crippen molar-refractivity contribution in [3.63, 3.8) is 0 Å². The van der Waals surface area contributed by atoms with Crippen molar-refractivity contribution in [1.29, 1.82) is 0 Å². The molecule has 126 valence electrons. The third-order valence-corrected chi connectivity index (χ3v) is 4.27. The summed E-state index contributed by atoms with van der Waals surface area (Å²) in [5.74, 6) is 0.622. The highest BCUT2D eigenvalue weighted by atomic mass is 16.2. The number of amides is 2. The van der Waals surface area contributed by atoms with Crippen LogP contribution in [0.5, 0.6) is 0 Å². The molecule has 0 bridgehead atoms. The number of anilines is 1. The number of nitrogens with one attached hydrogen (secondary N) is 1. The van der Waals surface area contributed by atoms with Crippen LogP contribution in [0.15, 0.2) is 24.3 Å². The molecule has 5 nitrogen and oxygen atoms in total. The predicted octanol–water partition coefficient (Wildman–Crippen LogP) is 1.97. The van der Waals surface area contributed by atoms with Crippen molar-refractivity contribution in [3.8, 4) is 0 Å². The van der Waals surface area contributed by atoms with E-state index in [1.54, 1.807) is 0 Å². The number of hydrogen-bond donors (Lipinski definition) is 2. The van der Waals surface area contributed by atoms with Crippen molar-refractivity contribution < 1.29 is 9.59 Å². The Morgan fingerprint density at radius 2 is 2.04 bits per heavy atom. The number of carbonyl (C=O) groups excluding carboxylic acids is 2. The SMILES string of the molecule is CCCC(=O)NCC1CCCN(C(=O)Cc2ccc(N)cc2)C1. The van der Waals surface area contributed by atoms with Crippen molar-refractivity contribution in [1.82, 2.24) is 10.2 Å². The zero-order chi connectivity index (χ0) is 16.7. The van der Waals surface area contributed by atoms with Gasteiger partial charge in [0.2, 0.25) is 11.8 Å². The van der Waals surface area contributed by atoms with Crippen LogP contribution in [0.3, 0.4) is 0 Å². The summed E-state index contributed by atoms with van der Waals surface area (Å²) in [5, 5.41) is 2.98. The Morgan fingerprint density at radius 3 is 2.74 bits per heavy atom. The first-order valence-corrected chi connectivity index (χ1v) is 8.47. The van der Waals surface area contributed by atoms with E-state index < -0.39 is 0 Å². The highest BCUT2D eigenvalue weighted by Gasteiger charge is 2.23. The minimum Gasteiger partial charge on any atom is -0.399 e. The lowest BCUT2D eigenvalue weighted by Crippen LogP contribution is -2.44. The third-order valence-electron chi connectivity index (χ3n) is 4.27. The average molecular weight is 317 g/mol. The number of nitrogen functional groups attached to an aromatic ring is 1. The number of nitrogens with two attached hydrogens (primary N) is 1. The molecule has 2 amide bonds. The molecule has 1 saturated heterocycles. The Hall–Kier alpha value is -2.04. The summed E-state index contributed by atoms with van der Waals surface area (Å²) < 4.78 is 0. The molecule has 0 aliphatic carbocycles. The fourth-order valence-electron chi connectivity index (χ4n) is 2.95. The van der Waals surface area contributed by atoms with Crippen molar-refractivity contribution in [3.05, 3.63) is 29.8 Å². The molecule has 23 heavy (non-hydrogen) atoms. The maximum Gasteiger partial charge on any atom is 0.226 e. The third kappa shape index (κ3) is 5.58. The molecule has 1 aliphatic heterocycles. The van der Waals surface area contributed by atoms with Gasteiger partial charge < -0.3 is 16.0 Å². The number of benzene rings is 1. The van der Waals surface area contributed by atoms with Crippen LogP contribution in [0.25, 0.3) is 0 Å². The maximum atomic E-state index is 12.4. The molecule has 1 fully saturated rings. The zero-order valence-corrected chi connectivity index (χ0v) is 13.9. The number of carbonyl (C=O) groups is 2. The molecule has 1 aromatic rings. The molecule has 0 spiro atoms. The van der Waals surface area contributed by atoms with Gasteiger partial charge in [-0.3, -0.25) is 9.59 Å². The first kappa shape index (κ1) is 17.3. The molecule has 0 radical (unpaired) electrons. The van der Waals surface area contributed by atoms with Gasteiger partial charge in [-0.15, -0.1) is 0 Å². The van der Waals surface area contributed by atoms with E-state index in [0.29, 0.717) is 31.0 Å². The number of piperidine rings is 1. The molecular formula is C18H27N3O2. The monoisotopic (exact) mass is 317 g/mol. The van der Waals surface area contributed by atoms with Crippen LogP contribution in [0.2, 0.25) is 0 Å². The van der Waals surface area contributed by atoms with E-state index in [1.165, 1.54) is 0 Å². The van der Waals surface area contributed by atoms with Gasteiger partial charge in [0.05, 0.1) is 6.42 Å². The second-order valence-corrected chi connectivity index (χ2v) is 6.32. The van der Waals surface area contributed by atoms with Gasteiger partial charge >= 0.3 is 0 Å². The molecule has 1 atom stereocenters. The minimum atomic E-state index is 0.109. The van der Waals surface area contributed by atoms with E-state index in [4.69, 9.17) is 5.73 Å². The highest BCUT2D eigenvalue weighted by Crippen LogP contribution is 2.17. The van der Waals surface area contributed by atoms with Gasteiger partial charge in [0.25, 0.3) is 0 Å². The van der Waals surface area contributed by atoms with Gasteiger partial charge in [0.15, 0.2) is 0 Å². The molecule has 5 heteroatoms. The summed E-state index contributed by atoms with van der Waals surface area (Å²) in [5.41, 5.74) is 7.37. The van der Waals surface area contributed by atoms with Crippen molar-refractivity contribution >= 4 is 17.5 Å². The fourth-order valence-corrected chi connectivity index (χ4v) is 2.95. The summed E-state index contributed by atoms with van der Waals surface area (Å²) in [6, 6.07) is 7.45. The number of nitrogens with zero attached hydrogens (tertiary/aromatic N) is 1. The fraction of sp³-hybridized carbons (Fsp3) is 0.556. The Balaban J connectivity index is 1.81. The quantitative estimate of drug-likeness (QED) is 0.788. The molecule has 0 saturated carbocycles. The first-order chi connectivity index (χ1) is 11.1. The van der Waals surface area contributed by atoms with Gasteiger partial charge in [-0.25, -0.2) is 0 Å². The molecule has 3 N–H and O–H groups in total. The largest absolute Gasteiger partial charge is 0.399 e. The van der Waals surface area contributed by atoms with Crippen LogP contribution in [0.1, 0.15) is 38.2 Å². The molecule has 2 rings (SSSR count). The topological polar surface area (TPSA) is 75.4 Å². The van der Waals surface area contributed by atoms with Gasteiger partial charge in [0, 0.05) is 31.7 Å². The van der Waals surface area contributed by atoms with Gasteiger partial charge in [-0.1, -0.05) is 19.1 Å². The van der Waals surface area contributed by atoms with Gasteiger partial charge in [0.1, 0.15) is 0 Å². The molecule has 1 aromatic carbocycles. The second-order valence-electron chi connectivity index (χ2n) is 6.32. The van der Waals surface area contributed by atoms with Crippen molar-refractivity contribution in [2.45, 2.75) is 39.0 Å². The summed E-state index contributed by atoms with van der Waals surface area (Å²) in [4.78, 5) is 25.9. The Kier molecular flexibility index (Phi) is 6.44. The summed E-state index contributed by atoms with van der Waals surface area (Å²) in [7, 11) is 0. The number of hydrogen-bond acceptors (Lipinski definition) is 3. The summed E-state index contributed by atoms with van der Waals surface area (Å²) >= 11 is 0. The van der Waals surface area contributed by atoms with Crippen LogP contribution in [-0.4, -0.2) is 36.3 Å². The molecule has 1 heterocycles. The molecule has 1 aliphatic rings. The van der Waals surface area contributed by atoms with Crippen LogP contribution in [0.4, 0.5) is 5.69 Å². The average Bonchev–Trinajstić information content (AvgIpc) is 2.55. The van der Waals surface area contributed by atoms with Crippen LogP contribution < -0.4 is 11.1 Å². The van der Waals surface area contributed by atoms with E-state index in [-0.39, 0.29) is 11.8 Å². The molecular weight excluding hydrogens is 290 g/mol. The van der Waals surface area contributed by atoms with E-state index in [9.17, 15) is 9.59 Å². The van der Waals surface area contributed by atoms with E-state index in [2.05, 4.69) is 5.32 Å². The molecule has 0 aromatic heterocycles. The predicted molar refractivity (Wildman–Crippen MR) is 91.8 cm³/mol. The Bertz CT molecular complexity index is 528. The van der Waals surface area contributed by atoms with E-state index in [1.807, 2.05) is 36.1 Å². The number of likely N-dealkylation sites (tertiary alicyclic amines) is 1. The van der Waals surface area contributed by atoms with E-state index >= 15 is 0 Å².